The van der Waals surface area contributed by atoms with Gasteiger partial charge in [0.25, 0.3) is 0 Å². The van der Waals surface area contributed by atoms with E-state index in [-0.39, 0.29) is 0 Å². The molecule has 3 aromatic rings. The zero-order chi connectivity index (χ0) is 23.4. The Morgan fingerprint density at radius 1 is 1.21 bits per heavy atom. The number of benzene rings is 1. The van der Waals surface area contributed by atoms with Gasteiger partial charge in [-0.15, -0.1) is 0 Å². The Balaban J connectivity index is 1.50. The van der Waals surface area contributed by atoms with E-state index in [0.717, 1.165) is 32.2 Å². The quantitative estimate of drug-likeness (QED) is 0.407. The van der Waals surface area contributed by atoms with Gasteiger partial charge in [0, 0.05) is 57.4 Å². The van der Waals surface area contributed by atoms with E-state index in [4.69, 9.17) is 0 Å². The highest BCUT2D eigenvalue weighted by molar-refractivity contribution is 7.88. The number of aromatic nitrogens is 2. The second-order valence-corrected chi connectivity index (χ2v) is 10.6. The first-order chi connectivity index (χ1) is 15.9. The second kappa shape index (κ2) is 9.82. The number of nitrogens with zero attached hydrogens (tertiary/aromatic N) is 5. The van der Waals surface area contributed by atoms with Gasteiger partial charge in [-0.05, 0) is 35.4 Å². The van der Waals surface area contributed by atoms with Crippen LogP contribution in [0.25, 0.3) is 15.8 Å². The van der Waals surface area contributed by atoms with Gasteiger partial charge in [-0.25, -0.2) is 18.4 Å². The molecule has 33 heavy (non-hydrogen) atoms. The summed E-state index contributed by atoms with van der Waals surface area (Å²) in [7, 11) is -1.41. The number of thiazole rings is 1. The molecule has 0 bridgehead atoms. The number of anilines is 3. The number of rotatable bonds is 7. The van der Waals surface area contributed by atoms with Crippen LogP contribution in [-0.4, -0.2) is 68.4 Å². The first-order valence-electron chi connectivity index (χ1n) is 10.5. The minimum absolute atomic E-state index is 0.482. The molecule has 1 N–H and O–H groups in total. The van der Waals surface area contributed by atoms with E-state index in [0.29, 0.717) is 32.0 Å². The average molecular weight is 483 g/mol. The lowest BCUT2D eigenvalue weighted by Crippen LogP contribution is -2.48. The van der Waals surface area contributed by atoms with Crippen molar-refractivity contribution in [3.8, 4) is 0 Å². The maximum Gasteiger partial charge on any atom is 0.211 e. The van der Waals surface area contributed by atoms with Gasteiger partial charge < -0.3 is 10.2 Å². The summed E-state index contributed by atoms with van der Waals surface area (Å²) < 4.78 is 26.1. The molecular formula is C23H26N6O2S2. The number of fused-ring (bicyclic) bond motifs is 1. The number of aliphatic imine (C=N–C) groups is 1. The molecule has 1 aliphatic heterocycles. The van der Waals surface area contributed by atoms with Crippen molar-refractivity contribution in [3.63, 3.8) is 0 Å². The van der Waals surface area contributed by atoms with Gasteiger partial charge in [-0.3, -0.25) is 4.99 Å². The second-order valence-electron chi connectivity index (χ2n) is 7.61. The van der Waals surface area contributed by atoms with Crippen LogP contribution >= 0.6 is 11.3 Å². The number of hydrogen-bond acceptors (Lipinski definition) is 8. The number of sulfonamides is 1. The normalized spacial score (nSPS) is 15.9. The van der Waals surface area contributed by atoms with Crippen LogP contribution in [0.1, 0.15) is 5.56 Å². The average Bonchev–Trinajstić information content (AvgIpc) is 3.21. The Labute approximate surface area is 198 Å². The first kappa shape index (κ1) is 23.1. The van der Waals surface area contributed by atoms with Crippen molar-refractivity contribution < 1.29 is 8.42 Å². The molecule has 2 aromatic heterocycles. The summed E-state index contributed by atoms with van der Waals surface area (Å²) in [4.78, 5) is 15.3. The van der Waals surface area contributed by atoms with Crippen molar-refractivity contribution in [3.05, 3.63) is 60.8 Å². The summed E-state index contributed by atoms with van der Waals surface area (Å²) >= 11 is 1.56. The van der Waals surface area contributed by atoms with Crippen molar-refractivity contribution in [2.45, 2.75) is 0 Å². The Hall–Kier alpha value is -3.08. The van der Waals surface area contributed by atoms with Crippen LogP contribution in [0.3, 0.4) is 0 Å². The molecule has 4 rings (SSSR count). The van der Waals surface area contributed by atoms with Gasteiger partial charge in [0.15, 0.2) is 5.13 Å². The highest BCUT2D eigenvalue weighted by Crippen LogP contribution is 2.31. The van der Waals surface area contributed by atoms with Crippen molar-refractivity contribution >= 4 is 60.0 Å². The van der Waals surface area contributed by atoms with E-state index in [2.05, 4.69) is 37.8 Å². The summed E-state index contributed by atoms with van der Waals surface area (Å²) in [6, 6.07) is 10.0. The predicted octanol–water partition coefficient (Wildman–Crippen LogP) is 3.79. The fourth-order valence-electron chi connectivity index (χ4n) is 3.67. The molecule has 0 unspecified atom stereocenters. The van der Waals surface area contributed by atoms with E-state index in [1.807, 2.05) is 36.4 Å². The number of hydrogen-bond donors (Lipinski definition) is 1. The van der Waals surface area contributed by atoms with Crippen LogP contribution in [0.2, 0.25) is 0 Å². The SMILES string of the molecule is C=C/C(=C\C=N/C)c1ccc2nc(Nc3cc(N4CCN(S(C)(=O)=O)CC4)ccn3)sc2c1. The van der Waals surface area contributed by atoms with E-state index in [9.17, 15) is 8.42 Å². The Morgan fingerprint density at radius 2 is 2.00 bits per heavy atom. The largest absolute Gasteiger partial charge is 0.369 e. The monoisotopic (exact) mass is 482 g/mol. The van der Waals surface area contributed by atoms with Crippen molar-refractivity contribution in [2.24, 2.45) is 4.99 Å². The Bertz CT molecular complexity index is 1320. The van der Waals surface area contributed by atoms with E-state index in [1.54, 1.807) is 30.8 Å². The molecule has 0 saturated carbocycles. The van der Waals surface area contributed by atoms with Crippen LogP contribution in [-0.2, 0) is 10.0 Å². The van der Waals surface area contributed by atoms with Crippen LogP contribution in [0.5, 0.6) is 0 Å². The lowest BCUT2D eigenvalue weighted by molar-refractivity contribution is 0.388. The van der Waals surface area contributed by atoms with Gasteiger partial charge in [-0.1, -0.05) is 30.1 Å². The van der Waals surface area contributed by atoms with Crippen molar-refractivity contribution in [1.29, 1.82) is 0 Å². The van der Waals surface area contributed by atoms with Gasteiger partial charge >= 0.3 is 0 Å². The third-order valence-corrected chi connectivity index (χ3v) is 7.63. The summed E-state index contributed by atoms with van der Waals surface area (Å²) in [5.41, 5.74) is 3.96. The number of nitrogens with one attached hydrogen (secondary N) is 1. The molecule has 1 fully saturated rings. The van der Waals surface area contributed by atoms with Gasteiger partial charge in [0.1, 0.15) is 5.82 Å². The topological polar surface area (TPSA) is 90.8 Å². The molecule has 0 aliphatic carbocycles. The zero-order valence-electron chi connectivity index (χ0n) is 18.6. The van der Waals surface area contributed by atoms with Crippen molar-refractivity contribution in [1.82, 2.24) is 14.3 Å². The van der Waals surface area contributed by atoms with Crippen LogP contribution in [0.4, 0.5) is 16.6 Å². The molecular weight excluding hydrogens is 456 g/mol. The van der Waals surface area contributed by atoms with Gasteiger partial charge in [0.2, 0.25) is 10.0 Å². The van der Waals surface area contributed by atoms with Crippen LogP contribution < -0.4 is 10.2 Å². The molecule has 8 nitrogen and oxygen atoms in total. The molecule has 0 amide bonds. The molecule has 1 aliphatic rings. The highest BCUT2D eigenvalue weighted by Gasteiger charge is 2.23. The minimum atomic E-state index is -3.15. The highest BCUT2D eigenvalue weighted by atomic mass is 32.2. The van der Waals surface area contributed by atoms with Gasteiger partial charge in [-0.2, -0.15) is 4.31 Å². The molecule has 0 radical (unpaired) electrons. The van der Waals surface area contributed by atoms with E-state index in [1.165, 1.54) is 10.6 Å². The van der Waals surface area contributed by atoms with E-state index >= 15 is 0 Å². The predicted molar refractivity (Wildman–Crippen MR) is 138 cm³/mol. The first-order valence-corrected chi connectivity index (χ1v) is 13.1. The van der Waals surface area contributed by atoms with Crippen LogP contribution in [0.15, 0.2) is 60.3 Å². The maximum absolute atomic E-state index is 11.8. The van der Waals surface area contributed by atoms with Crippen molar-refractivity contribution in [2.75, 3.05) is 49.7 Å². The summed E-state index contributed by atoms with van der Waals surface area (Å²) in [6.45, 7) is 6.14. The summed E-state index contributed by atoms with van der Waals surface area (Å²) in [5, 5.41) is 4.07. The number of piperazine rings is 1. The third-order valence-electron chi connectivity index (χ3n) is 5.40. The summed E-state index contributed by atoms with van der Waals surface area (Å²) in [5.74, 6) is 0.697. The molecule has 0 atom stereocenters. The van der Waals surface area contributed by atoms with Gasteiger partial charge in [0.05, 0.1) is 16.5 Å². The fourth-order valence-corrected chi connectivity index (χ4v) is 5.41. The van der Waals surface area contributed by atoms with Crippen LogP contribution in [0, 0.1) is 0 Å². The summed E-state index contributed by atoms with van der Waals surface area (Å²) in [6.07, 6.45) is 8.50. The number of allylic oxidation sites excluding steroid dienone is 3. The molecule has 1 aromatic carbocycles. The van der Waals surface area contributed by atoms with E-state index < -0.39 is 10.0 Å². The lowest BCUT2D eigenvalue weighted by atomic mass is 10.1. The molecule has 172 valence electrons. The standard InChI is InChI=1S/C23H26N6O2S2/c1-4-17(7-9-24-2)18-5-6-20-21(15-18)32-23(26-20)27-22-16-19(8-10-25-22)28-11-13-29(14-12-28)33(3,30)31/h4-10,15-16H,1,11-14H2,2-3H3,(H,25,26,27)/b17-7+,24-9-. The molecule has 0 spiro atoms. The minimum Gasteiger partial charge on any atom is -0.369 e. The number of pyridine rings is 1. The third kappa shape index (κ3) is 5.47. The fraction of sp³-hybridized carbons (Fsp3) is 0.261. The smallest absolute Gasteiger partial charge is 0.211 e. The Kier molecular flexibility index (Phi) is 6.87. The lowest BCUT2D eigenvalue weighted by Gasteiger charge is -2.34. The molecule has 3 heterocycles. The Morgan fingerprint density at radius 3 is 2.70 bits per heavy atom. The molecule has 1 saturated heterocycles. The maximum atomic E-state index is 11.8. The zero-order valence-corrected chi connectivity index (χ0v) is 20.2. The molecule has 10 heteroatoms.